The van der Waals surface area contributed by atoms with E-state index in [0.717, 1.165) is 11.3 Å². The largest absolute Gasteiger partial charge is 0.497 e. The average molecular weight is 269 g/mol. The number of nitrogens with two attached hydrogens (primary N) is 1. The Morgan fingerprint density at radius 3 is 2.16 bits per heavy atom. The van der Waals surface area contributed by atoms with Crippen molar-refractivity contribution in [3.63, 3.8) is 0 Å². The van der Waals surface area contributed by atoms with Gasteiger partial charge in [0.2, 0.25) is 0 Å². The molecule has 0 fully saturated rings. The van der Waals surface area contributed by atoms with Gasteiger partial charge >= 0.3 is 0 Å². The second kappa shape index (κ2) is 7.99. The Morgan fingerprint density at radius 1 is 1.05 bits per heavy atom. The summed E-state index contributed by atoms with van der Waals surface area (Å²) in [5, 5.41) is 0. The van der Waals surface area contributed by atoms with Crippen LogP contribution in [-0.2, 0) is 9.47 Å². The van der Waals surface area contributed by atoms with Gasteiger partial charge in [0.05, 0.1) is 20.3 Å². The fourth-order valence-corrected chi connectivity index (χ4v) is 1.82. The highest BCUT2D eigenvalue weighted by Gasteiger charge is 2.23. The molecule has 0 heterocycles. The minimum atomic E-state index is -0.489. The van der Waals surface area contributed by atoms with Crippen LogP contribution in [0.1, 0.15) is 25.5 Å². The standard InChI is InChI=1S/C14H23NO4/c1-5-18-14(19-6-2)13(15)11-8-7-10(16-3)9-12(11)17-4/h7-9,13-14H,5-6,15H2,1-4H3. The summed E-state index contributed by atoms with van der Waals surface area (Å²) in [6, 6.07) is 5.09. The number of benzene rings is 1. The summed E-state index contributed by atoms with van der Waals surface area (Å²) in [4.78, 5) is 0. The van der Waals surface area contributed by atoms with Crippen LogP contribution in [0, 0.1) is 0 Å². The van der Waals surface area contributed by atoms with Gasteiger partial charge in [-0.15, -0.1) is 0 Å². The van der Waals surface area contributed by atoms with Crippen molar-refractivity contribution < 1.29 is 18.9 Å². The van der Waals surface area contributed by atoms with Crippen molar-refractivity contribution in [1.82, 2.24) is 0 Å². The molecule has 0 aromatic heterocycles. The Bertz CT molecular complexity index is 378. The molecule has 0 radical (unpaired) electrons. The van der Waals surface area contributed by atoms with Crippen molar-refractivity contribution in [3.05, 3.63) is 23.8 Å². The lowest BCUT2D eigenvalue weighted by molar-refractivity contribution is -0.149. The van der Waals surface area contributed by atoms with Gasteiger partial charge in [0, 0.05) is 24.8 Å². The zero-order valence-corrected chi connectivity index (χ0v) is 12.0. The molecular weight excluding hydrogens is 246 g/mol. The van der Waals surface area contributed by atoms with Crippen molar-refractivity contribution in [2.75, 3.05) is 27.4 Å². The maximum Gasteiger partial charge on any atom is 0.176 e. The summed E-state index contributed by atoms with van der Waals surface area (Å²) in [6.07, 6.45) is -0.489. The second-order valence-electron chi connectivity index (χ2n) is 3.91. The molecule has 1 aromatic rings. The number of hydrogen-bond donors (Lipinski definition) is 1. The average Bonchev–Trinajstić information content (AvgIpc) is 2.45. The Labute approximate surface area is 114 Å². The van der Waals surface area contributed by atoms with Crippen molar-refractivity contribution in [2.24, 2.45) is 5.73 Å². The minimum Gasteiger partial charge on any atom is -0.497 e. The van der Waals surface area contributed by atoms with Crippen LogP contribution < -0.4 is 15.2 Å². The van der Waals surface area contributed by atoms with Crippen molar-refractivity contribution >= 4 is 0 Å². The van der Waals surface area contributed by atoms with E-state index in [0.29, 0.717) is 19.0 Å². The van der Waals surface area contributed by atoms with Gasteiger partial charge in [0.15, 0.2) is 6.29 Å². The summed E-state index contributed by atoms with van der Waals surface area (Å²) < 4.78 is 21.5. The fourth-order valence-electron chi connectivity index (χ4n) is 1.82. The quantitative estimate of drug-likeness (QED) is 0.732. The predicted octanol–water partition coefficient (Wildman–Crippen LogP) is 2.10. The molecule has 19 heavy (non-hydrogen) atoms. The molecule has 0 amide bonds. The Hall–Kier alpha value is -1.30. The first-order valence-corrected chi connectivity index (χ1v) is 6.38. The molecule has 1 aromatic carbocycles. The molecule has 1 rings (SSSR count). The summed E-state index contributed by atoms with van der Waals surface area (Å²) in [5.74, 6) is 1.38. The van der Waals surface area contributed by atoms with Gasteiger partial charge in [0.1, 0.15) is 11.5 Å². The Morgan fingerprint density at radius 2 is 1.68 bits per heavy atom. The highest BCUT2D eigenvalue weighted by Crippen LogP contribution is 2.31. The lowest BCUT2D eigenvalue weighted by atomic mass is 10.1. The van der Waals surface area contributed by atoms with Crippen molar-refractivity contribution in [1.29, 1.82) is 0 Å². The van der Waals surface area contributed by atoms with E-state index in [1.54, 1.807) is 20.3 Å². The Balaban J connectivity index is 2.98. The zero-order chi connectivity index (χ0) is 14.3. The van der Waals surface area contributed by atoms with Gasteiger partial charge in [0.25, 0.3) is 0 Å². The molecule has 0 saturated heterocycles. The molecule has 0 aliphatic carbocycles. The first-order chi connectivity index (χ1) is 9.17. The normalized spacial score (nSPS) is 12.5. The highest BCUT2D eigenvalue weighted by molar-refractivity contribution is 5.42. The van der Waals surface area contributed by atoms with Crippen molar-refractivity contribution in [2.45, 2.75) is 26.2 Å². The van der Waals surface area contributed by atoms with Gasteiger partial charge < -0.3 is 24.7 Å². The monoisotopic (exact) mass is 269 g/mol. The van der Waals surface area contributed by atoms with Gasteiger partial charge in [-0.25, -0.2) is 0 Å². The molecule has 108 valence electrons. The molecule has 5 heteroatoms. The number of hydrogen-bond acceptors (Lipinski definition) is 5. The molecule has 5 nitrogen and oxygen atoms in total. The van der Waals surface area contributed by atoms with Gasteiger partial charge in [-0.1, -0.05) is 0 Å². The van der Waals surface area contributed by atoms with E-state index in [2.05, 4.69) is 0 Å². The molecule has 1 atom stereocenters. The van der Waals surface area contributed by atoms with Crippen molar-refractivity contribution in [3.8, 4) is 11.5 Å². The van der Waals surface area contributed by atoms with Crippen LogP contribution >= 0.6 is 0 Å². The molecule has 0 spiro atoms. The summed E-state index contributed by atoms with van der Waals surface area (Å²) in [7, 11) is 3.21. The Kier molecular flexibility index (Phi) is 6.62. The fraction of sp³-hybridized carbons (Fsp3) is 0.571. The molecule has 2 N–H and O–H groups in total. The molecular formula is C14H23NO4. The number of rotatable bonds is 8. The molecule has 0 saturated carbocycles. The maximum atomic E-state index is 6.21. The molecule has 0 bridgehead atoms. The lowest BCUT2D eigenvalue weighted by Gasteiger charge is -2.25. The van der Waals surface area contributed by atoms with Gasteiger partial charge in [-0.05, 0) is 26.0 Å². The smallest absolute Gasteiger partial charge is 0.176 e. The van der Waals surface area contributed by atoms with E-state index in [1.165, 1.54) is 0 Å². The van der Waals surface area contributed by atoms with Gasteiger partial charge in [-0.2, -0.15) is 0 Å². The first-order valence-electron chi connectivity index (χ1n) is 6.38. The van der Waals surface area contributed by atoms with E-state index >= 15 is 0 Å². The van der Waals surface area contributed by atoms with Crippen LogP contribution in [0.5, 0.6) is 11.5 Å². The lowest BCUT2D eigenvalue weighted by Crippen LogP contribution is -2.32. The van der Waals surface area contributed by atoms with E-state index in [9.17, 15) is 0 Å². The van der Waals surface area contributed by atoms with Gasteiger partial charge in [-0.3, -0.25) is 0 Å². The van der Waals surface area contributed by atoms with E-state index in [1.807, 2.05) is 26.0 Å². The van der Waals surface area contributed by atoms with Crippen LogP contribution in [0.15, 0.2) is 18.2 Å². The number of ether oxygens (including phenoxy) is 4. The SMILES string of the molecule is CCOC(OCC)C(N)c1ccc(OC)cc1OC. The summed E-state index contributed by atoms with van der Waals surface area (Å²) in [5.41, 5.74) is 7.04. The van der Waals surface area contributed by atoms with Crippen LogP contribution in [0.4, 0.5) is 0 Å². The van der Waals surface area contributed by atoms with Crippen LogP contribution in [0.2, 0.25) is 0 Å². The third-order valence-corrected chi connectivity index (χ3v) is 2.75. The summed E-state index contributed by atoms with van der Waals surface area (Å²) in [6.45, 7) is 4.89. The summed E-state index contributed by atoms with van der Waals surface area (Å²) >= 11 is 0. The third kappa shape index (κ3) is 4.09. The van der Waals surface area contributed by atoms with E-state index in [4.69, 9.17) is 24.7 Å². The van der Waals surface area contributed by atoms with Crippen LogP contribution in [0.3, 0.4) is 0 Å². The third-order valence-electron chi connectivity index (χ3n) is 2.75. The van der Waals surface area contributed by atoms with Crippen LogP contribution in [0.25, 0.3) is 0 Å². The minimum absolute atomic E-state index is 0.416. The molecule has 0 aliphatic rings. The van der Waals surface area contributed by atoms with Crippen LogP contribution in [-0.4, -0.2) is 33.7 Å². The first kappa shape index (κ1) is 15.8. The number of methoxy groups -OCH3 is 2. The second-order valence-corrected chi connectivity index (χ2v) is 3.91. The molecule has 0 aliphatic heterocycles. The highest BCUT2D eigenvalue weighted by atomic mass is 16.7. The maximum absolute atomic E-state index is 6.21. The molecule has 1 unspecified atom stereocenters. The topological polar surface area (TPSA) is 62.9 Å². The van der Waals surface area contributed by atoms with E-state index in [-0.39, 0.29) is 0 Å². The predicted molar refractivity (Wildman–Crippen MR) is 73.5 cm³/mol. The van der Waals surface area contributed by atoms with E-state index < -0.39 is 12.3 Å². The zero-order valence-electron chi connectivity index (χ0n) is 12.0.